The topological polar surface area (TPSA) is 57.5 Å². The highest BCUT2D eigenvalue weighted by Crippen LogP contribution is 2.52. The third kappa shape index (κ3) is 1.84. The van der Waals surface area contributed by atoms with Crippen molar-refractivity contribution >= 4 is 5.78 Å². The number of hydrogen-bond acceptors (Lipinski definition) is 3. The van der Waals surface area contributed by atoms with Crippen LogP contribution in [0.3, 0.4) is 0 Å². The van der Waals surface area contributed by atoms with E-state index in [4.69, 9.17) is 0 Å². The molecule has 0 saturated heterocycles. The van der Waals surface area contributed by atoms with Crippen LogP contribution < -0.4 is 0 Å². The van der Waals surface area contributed by atoms with Crippen LogP contribution in [0.4, 0.5) is 0 Å². The van der Waals surface area contributed by atoms with Gasteiger partial charge < -0.3 is 10.2 Å². The Kier molecular flexibility index (Phi) is 3.41. The predicted octanol–water partition coefficient (Wildman–Crippen LogP) is 1.93. The summed E-state index contributed by atoms with van der Waals surface area (Å²) in [5.74, 6) is 0.346. The quantitative estimate of drug-likeness (QED) is 0.749. The summed E-state index contributed by atoms with van der Waals surface area (Å²) in [6.07, 6.45) is 1.93. The standard InChI is InChI=1S/C15H24O3/c1-8(2)13-11(16)5-10(4)15(14(13)18)6-9(3)12(17)7-15/h6,8,10-11,13-14,16,18H,5,7H2,1-4H3/t10-,11+,13-,14-,15+/m1/s1. The van der Waals surface area contributed by atoms with Crippen LogP contribution in [0.15, 0.2) is 11.6 Å². The Morgan fingerprint density at radius 2 is 2.00 bits per heavy atom. The summed E-state index contributed by atoms with van der Waals surface area (Å²) in [5.41, 5.74) is 0.315. The fourth-order valence-electron chi connectivity index (χ4n) is 3.87. The molecule has 102 valence electrons. The van der Waals surface area contributed by atoms with Gasteiger partial charge >= 0.3 is 0 Å². The molecule has 0 aromatic rings. The number of rotatable bonds is 1. The number of carbonyl (C=O) groups excluding carboxylic acids is 1. The van der Waals surface area contributed by atoms with Crippen LogP contribution >= 0.6 is 0 Å². The van der Waals surface area contributed by atoms with Gasteiger partial charge in [-0.3, -0.25) is 4.79 Å². The number of Topliss-reactive ketones (excluding diaryl/α,β-unsaturated/α-hetero) is 1. The first-order chi connectivity index (χ1) is 8.29. The van der Waals surface area contributed by atoms with Gasteiger partial charge in [-0.2, -0.15) is 0 Å². The van der Waals surface area contributed by atoms with Crippen molar-refractivity contribution in [2.75, 3.05) is 0 Å². The van der Waals surface area contributed by atoms with Crippen LogP contribution in [0.1, 0.15) is 40.5 Å². The van der Waals surface area contributed by atoms with Crippen LogP contribution in [0.25, 0.3) is 0 Å². The average Bonchev–Trinajstić information content (AvgIpc) is 2.54. The monoisotopic (exact) mass is 252 g/mol. The lowest BCUT2D eigenvalue weighted by Crippen LogP contribution is -2.54. The molecule has 1 saturated carbocycles. The van der Waals surface area contributed by atoms with Crippen LogP contribution in [0, 0.1) is 23.2 Å². The molecule has 1 spiro atoms. The van der Waals surface area contributed by atoms with Gasteiger partial charge in [0.1, 0.15) is 0 Å². The molecule has 3 nitrogen and oxygen atoms in total. The molecule has 2 rings (SSSR count). The minimum absolute atomic E-state index is 0.138. The highest BCUT2D eigenvalue weighted by Gasteiger charge is 2.54. The second-order valence-corrected chi connectivity index (χ2v) is 6.51. The lowest BCUT2D eigenvalue weighted by Gasteiger charge is -2.50. The average molecular weight is 252 g/mol. The van der Waals surface area contributed by atoms with Crippen LogP contribution in [0.2, 0.25) is 0 Å². The number of hydrogen-bond donors (Lipinski definition) is 2. The Bertz CT molecular complexity index is 385. The van der Waals surface area contributed by atoms with Crippen molar-refractivity contribution in [2.45, 2.75) is 52.7 Å². The van der Waals surface area contributed by atoms with Crippen molar-refractivity contribution in [3.63, 3.8) is 0 Å². The van der Waals surface area contributed by atoms with Crippen LogP contribution in [0.5, 0.6) is 0 Å². The van der Waals surface area contributed by atoms with E-state index in [2.05, 4.69) is 0 Å². The van der Waals surface area contributed by atoms with Crippen molar-refractivity contribution in [2.24, 2.45) is 23.2 Å². The molecule has 0 aromatic carbocycles. The molecule has 0 aromatic heterocycles. The van der Waals surface area contributed by atoms with Crippen molar-refractivity contribution < 1.29 is 15.0 Å². The number of aliphatic hydroxyl groups excluding tert-OH is 2. The van der Waals surface area contributed by atoms with E-state index in [1.807, 2.05) is 33.8 Å². The molecule has 0 unspecified atom stereocenters. The van der Waals surface area contributed by atoms with Gasteiger partial charge in [0.05, 0.1) is 12.2 Å². The van der Waals surface area contributed by atoms with Gasteiger partial charge in [-0.25, -0.2) is 0 Å². The molecule has 0 heterocycles. The summed E-state index contributed by atoms with van der Waals surface area (Å²) >= 11 is 0. The lowest BCUT2D eigenvalue weighted by atomic mass is 9.58. The predicted molar refractivity (Wildman–Crippen MR) is 69.9 cm³/mol. The van der Waals surface area contributed by atoms with Crippen molar-refractivity contribution in [1.82, 2.24) is 0 Å². The molecule has 3 heteroatoms. The molecule has 1 fully saturated rings. The maximum atomic E-state index is 11.9. The van der Waals surface area contributed by atoms with E-state index < -0.39 is 17.6 Å². The SMILES string of the molecule is CC1=C[C@]2(CC1=O)[C@H](C)C[C@H](O)[C@@H](C(C)C)[C@H]2O. The second-order valence-electron chi connectivity index (χ2n) is 6.51. The Balaban J connectivity index is 2.39. The number of allylic oxidation sites excluding steroid dienone is 1. The molecule has 18 heavy (non-hydrogen) atoms. The third-order valence-electron chi connectivity index (χ3n) is 5.03. The van der Waals surface area contributed by atoms with Gasteiger partial charge in [-0.15, -0.1) is 0 Å². The molecular weight excluding hydrogens is 228 g/mol. The zero-order valence-electron chi connectivity index (χ0n) is 11.7. The zero-order valence-corrected chi connectivity index (χ0v) is 11.7. The van der Waals surface area contributed by atoms with Crippen LogP contribution in [-0.4, -0.2) is 28.2 Å². The Morgan fingerprint density at radius 1 is 1.39 bits per heavy atom. The molecule has 2 aliphatic rings. The summed E-state index contributed by atoms with van der Waals surface area (Å²) in [6, 6.07) is 0. The third-order valence-corrected chi connectivity index (χ3v) is 5.03. The Morgan fingerprint density at radius 3 is 2.44 bits per heavy atom. The smallest absolute Gasteiger partial charge is 0.159 e. The van der Waals surface area contributed by atoms with Crippen molar-refractivity contribution in [3.05, 3.63) is 11.6 Å². The summed E-state index contributed by atoms with van der Waals surface area (Å²) in [4.78, 5) is 11.9. The minimum atomic E-state index is -0.627. The molecule has 5 atom stereocenters. The summed E-state index contributed by atoms with van der Waals surface area (Å²) in [5, 5.41) is 20.9. The van der Waals surface area contributed by atoms with Gasteiger partial charge in [0.25, 0.3) is 0 Å². The molecule has 0 radical (unpaired) electrons. The van der Waals surface area contributed by atoms with E-state index in [9.17, 15) is 15.0 Å². The van der Waals surface area contributed by atoms with E-state index >= 15 is 0 Å². The van der Waals surface area contributed by atoms with E-state index in [1.54, 1.807) is 0 Å². The van der Waals surface area contributed by atoms with E-state index in [0.29, 0.717) is 12.8 Å². The summed E-state index contributed by atoms with van der Waals surface area (Å²) < 4.78 is 0. The van der Waals surface area contributed by atoms with E-state index in [1.165, 1.54) is 0 Å². The molecular formula is C15H24O3. The maximum absolute atomic E-state index is 11.9. The highest BCUT2D eigenvalue weighted by molar-refractivity contribution is 5.98. The van der Waals surface area contributed by atoms with Crippen molar-refractivity contribution in [3.8, 4) is 0 Å². The molecule has 0 bridgehead atoms. The zero-order chi connectivity index (χ0) is 13.7. The van der Waals surface area contributed by atoms with Gasteiger partial charge in [0.2, 0.25) is 0 Å². The molecule has 2 aliphatic carbocycles. The first-order valence-corrected chi connectivity index (χ1v) is 6.88. The fourth-order valence-corrected chi connectivity index (χ4v) is 3.87. The van der Waals surface area contributed by atoms with E-state index in [0.717, 1.165) is 5.57 Å². The summed E-state index contributed by atoms with van der Waals surface area (Å²) in [6.45, 7) is 7.90. The molecule has 2 N–H and O–H groups in total. The van der Waals surface area contributed by atoms with Gasteiger partial charge in [0.15, 0.2) is 5.78 Å². The van der Waals surface area contributed by atoms with E-state index in [-0.39, 0.29) is 23.5 Å². The largest absolute Gasteiger partial charge is 0.393 e. The number of carbonyl (C=O) groups is 1. The minimum Gasteiger partial charge on any atom is -0.393 e. The first kappa shape index (κ1) is 13.8. The normalized spacial score (nSPS) is 44.8. The molecule has 0 amide bonds. The Hall–Kier alpha value is -0.670. The lowest BCUT2D eigenvalue weighted by molar-refractivity contribution is -0.138. The van der Waals surface area contributed by atoms with Gasteiger partial charge in [-0.05, 0) is 30.8 Å². The van der Waals surface area contributed by atoms with Crippen LogP contribution in [-0.2, 0) is 4.79 Å². The van der Waals surface area contributed by atoms with Crippen molar-refractivity contribution in [1.29, 1.82) is 0 Å². The highest BCUT2D eigenvalue weighted by atomic mass is 16.3. The fraction of sp³-hybridized carbons (Fsp3) is 0.800. The number of aliphatic hydroxyl groups is 2. The maximum Gasteiger partial charge on any atom is 0.159 e. The summed E-state index contributed by atoms with van der Waals surface area (Å²) in [7, 11) is 0. The second kappa shape index (κ2) is 4.46. The first-order valence-electron chi connectivity index (χ1n) is 6.88. The molecule has 0 aliphatic heterocycles. The van der Waals surface area contributed by atoms with Gasteiger partial charge in [-0.1, -0.05) is 26.8 Å². The van der Waals surface area contributed by atoms with Gasteiger partial charge in [0, 0.05) is 17.8 Å². The number of ketones is 1. The Labute approximate surface area is 109 Å².